The number of pyridine rings is 1. The summed E-state index contributed by atoms with van der Waals surface area (Å²) in [5, 5.41) is 2.87. The summed E-state index contributed by atoms with van der Waals surface area (Å²) < 4.78 is 11.0. The van der Waals surface area contributed by atoms with E-state index in [0.717, 1.165) is 31.9 Å². The molecule has 160 valence electrons. The first-order chi connectivity index (χ1) is 15.1. The van der Waals surface area contributed by atoms with Crippen LogP contribution in [0.1, 0.15) is 10.4 Å². The Bertz CT molecular complexity index is 1010. The lowest BCUT2D eigenvalue weighted by Crippen LogP contribution is -2.44. The molecule has 2 aromatic carbocycles. The number of carbonyl (C=O) groups excluding carboxylic acids is 1. The van der Waals surface area contributed by atoms with Crippen molar-refractivity contribution in [2.75, 3.05) is 50.6 Å². The monoisotopic (exact) mass is 418 g/mol. The van der Waals surface area contributed by atoms with E-state index in [9.17, 15) is 4.79 Å². The minimum Gasteiger partial charge on any atom is -0.493 e. The number of hydrogen-bond acceptors (Lipinski definition) is 6. The Balaban J connectivity index is 1.36. The minimum atomic E-state index is -0.176. The molecular weight excluding hydrogens is 392 g/mol. The quantitative estimate of drug-likeness (QED) is 0.655. The smallest absolute Gasteiger partial charge is 0.255 e. The molecule has 1 N–H and O–H groups in total. The molecular formula is C24H26N4O3. The summed E-state index contributed by atoms with van der Waals surface area (Å²) in [6.45, 7) is 4.09. The highest BCUT2D eigenvalue weighted by molar-refractivity contribution is 6.04. The van der Waals surface area contributed by atoms with Crippen LogP contribution in [0.5, 0.6) is 17.4 Å². The SMILES string of the molecule is COc1ccccc1Oc1ccc(NC(=O)c2ccc(N3CCN(C)CC3)cc2)cn1. The van der Waals surface area contributed by atoms with E-state index < -0.39 is 0 Å². The molecule has 7 nitrogen and oxygen atoms in total. The maximum Gasteiger partial charge on any atom is 0.255 e. The third-order valence-electron chi connectivity index (χ3n) is 5.28. The van der Waals surface area contributed by atoms with Gasteiger partial charge in [-0.25, -0.2) is 4.98 Å². The zero-order chi connectivity index (χ0) is 21.6. The minimum absolute atomic E-state index is 0.176. The molecule has 0 bridgehead atoms. The second kappa shape index (κ2) is 9.49. The summed E-state index contributed by atoms with van der Waals surface area (Å²) in [7, 11) is 3.72. The van der Waals surface area contributed by atoms with Crippen molar-refractivity contribution in [1.82, 2.24) is 9.88 Å². The van der Waals surface area contributed by atoms with Crippen LogP contribution in [0.2, 0.25) is 0 Å². The first-order valence-electron chi connectivity index (χ1n) is 10.2. The highest BCUT2D eigenvalue weighted by Crippen LogP contribution is 2.30. The molecule has 3 aromatic rings. The van der Waals surface area contributed by atoms with Gasteiger partial charge in [-0.2, -0.15) is 0 Å². The molecule has 1 aliphatic heterocycles. The largest absolute Gasteiger partial charge is 0.493 e. The molecule has 0 saturated carbocycles. The molecule has 1 aromatic heterocycles. The number of para-hydroxylation sites is 2. The van der Waals surface area contributed by atoms with Crippen LogP contribution < -0.4 is 19.7 Å². The van der Waals surface area contributed by atoms with Gasteiger partial charge in [-0.05, 0) is 49.5 Å². The predicted octanol–water partition coefficient (Wildman–Crippen LogP) is 3.89. The fourth-order valence-electron chi connectivity index (χ4n) is 3.42. The zero-order valence-corrected chi connectivity index (χ0v) is 17.7. The third-order valence-corrected chi connectivity index (χ3v) is 5.28. The van der Waals surface area contributed by atoms with Crippen LogP contribution in [0.3, 0.4) is 0 Å². The molecule has 1 fully saturated rings. The van der Waals surface area contributed by atoms with Crippen molar-refractivity contribution in [3.63, 3.8) is 0 Å². The van der Waals surface area contributed by atoms with Gasteiger partial charge in [0.05, 0.1) is 19.0 Å². The first-order valence-corrected chi connectivity index (χ1v) is 10.2. The number of likely N-dealkylation sites (N-methyl/N-ethyl adjacent to an activating group) is 1. The van der Waals surface area contributed by atoms with Gasteiger partial charge >= 0.3 is 0 Å². The number of nitrogens with zero attached hydrogens (tertiary/aromatic N) is 3. The van der Waals surface area contributed by atoms with Crippen molar-refractivity contribution in [2.24, 2.45) is 0 Å². The van der Waals surface area contributed by atoms with E-state index in [1.54, 1.807) is 25.4 Å². The van der Waals surface area contributed by atoms with Crippen molar-refractivity contribution in [2.45, 2.75) is 0 Å². The Kier molecular flexibility index (Phi) is 6.33. The summed E-state index contributed by atoms with van der Waals surface area (Å²) in [5.41, 5.74) is 2.34. The van der Waals surface area contributed by atoms with E-state index >= 15 is 0 Å². The number of amides is 1. The van der Waals surface area contributed by atoms with Gasteiger partial charge < -0.3 is 24.6 Å². The fraction of sp³-hybridized carbons (Fsp3) is 0.250. The van der Waals surface area contributed by atoms with E-state index in [4.69, 9.17) is 9.47 Å². The van der Waals surface area contributed by atoms with Crippen LogP contribution in [0.4, 0.5) is 11.4 Å². The summed E-state index contributed by atoms with van der Waals surface area (Å²) in [4.78, 5) is 21.5. The maximum atomic E-state index is 12.6. The van der Waals surface area contributed by atoms with Gasteiger partial charge in [-0.15, -0.1) is 0 Å². The van der Waals surface area contributed by atoms with E-state index in [-0.39, 0.29) is 5.91 Å². The number of methoxy groups -OCH3 is 1. The summed E-state index contributed by atoms with van der Waals surface area (Å²) in [6.07, 6.45) is 1.57. The number of anilines is 2. The van der Waals surface area contributed by atoms with Crippen molar-refractivity contribution >= 4 is 17.3 Å². The molecule has 2 heterocycles. The van der Waals surface area contributed by atoms with E-state index in [1.807, 2.05) is 48.5 Å². The van der Waals surface area contributed by atoms with Crippen LogP contribution in [-0.4, -0.2) is 56.1 Å². The zero-order valence-electron chi connectivity index (χ0n) is 17.7. The van der Waals surface area contributed by atoms with E-state index in [2.05, 4.69) is 27.1 Å². The van der Waals surface area contributed by atoms with E-state index in [0.29, 0.717) is 28.6 Å². The van der Waals surface area contributed by atoms with Gasteiger partial charge in [0.1, 0.15) is 0 Å². The van der Waals surface area contributed by atoms with Crippen LogP contribution in [-0.2, 0) is 0 Å². The Hall–Kier alpha value is -3.58. The summed E-state index contributed by atoms with van der Waals surface area (Å²) in [5.74, 6) is 1.44. The lowest BCUT2D eigenvalue weighted by atomic mass is 10.1. The number of piperazine rings is 1. The van der Waals surface area contributed by atoms with Gasteiger partial charge in [0.25, 0.3) is 5.91 Å². The number of benzene rings is 2. The molecule has 4 rings (SSSR count). The maximum absolute atomic E-state index is 12.6. The third kappa shape index (κ3) is 5.13. The predicted molar refractivity (Wildman–Crippen MR) is 121 cm³/mol. The second-order valence-electron chi connectivity index (χ2n) is 7.43. The molecule has 1 saturated heterocycles. The van der Waals surface area contributed by atoms with Crippen molar-refractivity contribution < 1.29 is 14.3 Å². The summed E-state index contributed by atoms with van der Waals surface area (Å²) >= 11 is 0. The van der Waals surface area contributed by atoms with Crippen molar-refractivity contribution in [3.05, 3.63) is 72.4 Å². The van der Waals surface area contributed by atoms with Crippen molar-refractivity contribution in [3.8, 4) is 17.4 Å². The number of carbonyl (C=O) groups is 1. The molecule has 0 spiro atoms. The highest BCUT2D eigenvalue weighted by Gasteiger charge is 2.15. The number of aromatic nitrogens is 1. The number of nitrogens with one attached hydrogen (secondary N) is 1. The van der Waals surface area contributed by atoms with Crippen LogP contribution in [0.15, 0.2) is 66.9 Å². The Morgan fingerprint density at radius 3 is 2.29 bits per heavy atom. The molecule has 0 unspecified atom stereocenters. The number of hydrogen-bond donors (Lipinski definition) is 1. The van der Waals surface area contributed by atoms with Crippen molar-refractivity contribution in [1.29, 1.82) is 0 Å². The van der Waals surface area contributed by atoms with Crippen LogP contribution >= 0.6 is 0 Å². The van der Waals surface area contributed by atoms with E-state index in [1.165, 1.54) is 0 Å². The van der Waals surface area contributed by atoms with Gasteiger partial charge in [-0.3, -0.25) is 4.79 Å². The average molecular weight is 418 g/mol. The van der Waals surface area contributed by atoms with Crippen LogP contribution in [0.25, 0.3) is 0 Å². The normalized spacial score (nSPS) is 14.2. The second-order valence-corrected chi connectivity index (χ2v) is 7.43. The van der Waals surface area contributed by atoms with Gasteiger partial charge in [0.15, 0.2) is 11.5 Å². The average Bonchev–Trinajstić information content (AvgIpc) is 2.81. The standard InChI is InChI=1S/C24H26N4O3/c1-27-13-15-28(16-14-27)20-10-7-18(8-11-20)24(29)26-19-9-12-23(25-17-19)31-22-6-4-3-5-21(22)30-2/h3-12,17H,13-16H2,1-2H3,(H,26,29). The molecule has 1 amide bonds. The highest BCUT2D eigenvalue weighted by atomic mass is 16.5. The molecule has 0 aliphatic carbocycles. The summed E-state index contributed by atoms with van der Waals surface area (Å²) in [6, 6.07) is 18.5. The number of rotatable bonds is 6. The Morgan fingerprint density at radius 2 is 1.65 bits per heavy atom. The Labute approximate surface area is 182 Å². The van der Waals surface area contributed by atoms with Gasteiger partial charge in [-0.1, -0.05) is 12.1 Å². The first kappa shape index (κ1) is 20.7. The Morgan fingerprint density at radius 1 is 0.935 bits per heavy atom. The van der Waals surface area contributed by atoms with Crippen LogP contribution in [0, 0.1) is 0 Å². The lowest BCUT2D eigenvalue weighted by molar-refractivity contribution is 0.102. The molecule has 0 radical (unpaired) electrons. The molecule has 0 atom stereocenters. The molecule has 1 aliphatic rings. The topological polar surface area (TPSA) is 66.9 Å². The fourth-order valence-corrected chi connectivity index (χ4v) is 3.42. The van der Waals surface area contributed by atoms with Gasteiger partial charge in [0, 0.05) is 43.5 Å². The lowest BCUT2D eigenvalue weighted by Gasteiger charge is -2.34. The number of ether oxygens (including phenoxy) is 2. The van der Waals surface area contributed by atoms with Gasteiger partial charge in [0.2, 0.25) is 5.88 Å². The molecule has 31 heavy (non-hydrogen) atoms. The molecule has 7 heteroatoms.